The van der Waals surface area contributed by atoms with E-state index in [0.717, 1.165) is 23.8 Å². The minimum absolute atomic E-state index is 0.0197. The summed E-state index contributed by atoms with van der Waals surface area (Å²) in [7, 11) is 3.45. The third-order valence-electron chi connectivity index (χ3n) is 7.44. The number of halogens is 9. The second-order valence-corrected chi connectivity index (χ2v) is 11.2. The van der Waals surface area contributed by atoms with Gasteiger partial charge < -0.3 is 18.9 Å². The topological polar surface area (TPSA) is 36.9 Å². The van der Waals surface area contributed by atoms with Crippen LogP contribution >= 0.6 is 9.24 Å². The summed E-state index contributed by atoms with van der Waals surface area (Å²) in [6, 6.07) is 11.2. The maximum absolute atomic E-state index is 15.4. The van der Waals surface area contributed by atoms with Crippen LogP contribution in [0.3, 0.4) is 0 Å². The molecule has 1 saturated heterocycles. The average Bonchev–Trinajstić information content (AvgIpc) is 3.25. The molecule has 2 aliphatic carbocycles. The van der Waals surface area contributed by atoms with E-state index in [1.807, 2.05) is 9.24 Å². The fraction of sp³-hybridized carbons (Fsp3) is 0.273. The smallest absolute Gasteiger partial charge is 0.426 e. The van der Waals surface area contributed by atoms with Crippen molar-refractivity contribution in [2.45, 2.75) is 37.3 Å². The molecule has 1 fully saturated rings. The zero-order valence-corrected chi connectivity index (χ0v) is 25.5. The quantitative estimate of drug-likeness (QED) is 0.215. The van der Waals surface area contributed by atoms with Crippen LogP contribution in [-0.2, 0) is 18.9 Å². The fourth-order valence-corrected chi connectivity index (χ4v) is 5.56. The Bertz CT molecular complexity index is 1700. The first-order valence-electron chi connectivity index (χ1n) is 14.0. The van der Waals surface area contributed by atoms with E-state index >= 15 is 17.6 Å². The highest BCUT2D eigenvalue weighted by Crippen LogP contribution is 2.43. The van der Waals surface area contributed by atoms with Gasteiger partial charge in [-0.15, -0.1) is 9.24 Å². The molecule has 0 N–H and O–H groups in total. The standard InChI is InChI=1S/C33H26F9O4P/c1-43-22-15-44-31(45-16-22)18-4-2-17(3-5-18)19-6-9-23(26(36)12-19)20-7-10-25(35)30(28(47)13-20)33(41,42)46-21-8-11-24(34)29(27(37)14-21)32(38,39)40/h2-7,9-14,22,25,31H,8,15-16,47H2,1H3. The molecular formula is C33H26F9O4P. The average molecular weight is 689 g/mol. The molecule has 0 spiro atoms. The summed E-state index contributed by atoms with van der Waals surface area (Å²) in [6.45, 7) is 0.728. The summed E-state index contributed by atoms with van der Waals surface area (Å²) in [4.78, 5) is 0. The van der Waals surface area contributed by atoms with Crippen LogP contribution in [0.15, 0.2) is 107 Å². The molecule has 1 aliphatic heterocycles. The second-order valence-electron chi connectivity index (χ2n) is 10.6. The van der Waals surface area contributed by atoms with Crippen LogP contribution in [0.5, 0.6) is 0 Å². The van der Waals surface area contributed by atoms with Gasteiger partial charge in [0, 0.05) is 30.7 Å². The Morgan fingerprint density at radius 1 is 0.894 bits per heavy atom. The summed E-state index contributed by atoms with van der Waals surface area (Å²) < 4.78 is 149. The van der Waals surface area contributed by atoms with Crippen LogP contribution in [-0.4, -0.2) is 44.9 Å². The van der Waals surface area contributed by atoms with E-state index in [2.05, 4.69) is 4.74 Å². The SMILES string of the molecule is COC1COC(c2ccc(-c3ccc(C4=CC(P)=C(C(F)(F)OC5=CC(F)=C(C(F)(F)F)C(F)=CC5)C(F)C=C4)c(F)c3)cc2)OC1. The second kappa shape index (κ2) is 13.8. The summed E-state index contributed by atoms with van der Waals surface area (Å²) >= 11 is 0. The van der Waals surface area contributed by atoms with Gasteiger partial charge in [0.25, 0.3) is 0 Å². The zero-order chi connectivity index (χ0) is 34.1. The molecule has 2 aromatic carbocycles. The minimum Gasteiger partial charge on any atom is -0.433 e. The molecule has 0 amide bonds. The Hall–Kier alpha value is -3.64. The third kappa shape index (κ3) is 7.75. The van der Waals surface area contributed by atoms with Gasteiger partial charge in [0.1, 0.15) is 34.9 Å². The van der Waals surface area contributed by atoms with Crippen molar-refractivity contribution < 1.29 is 58.5 Å². The van der Waals surface area contributed by atoms with E-state index in [1.54, 1.807) is 37.4 Å². The van der Waals surface area contributed by atoms with Gasteiger partial charge in [-0.25, -0.2) is 17.6 Å². The molecule has 3 aliphatic rings. The van der Waals surface area contributed by atoms with Gasteiger partial charge in [0.05, 0.1) is 18.8 Å². The van der Waals surface area contributed by atoms with Crippen molar-refractivity contribution in [2.75, 3.05) is 20.3 Å². The molecular weight excluding hydrogens is 662 g/mol. The first-order chi connectivity index (χ1) is 22.2. The Labute approximate surface area is 265 Å². The van der Waals surface area contributed by atoms with Gasteiger partial charge in [0.15, 0.2) is 12.5 Å². The van der Waals surface area contributed by atoms with Gasteiger partial charge in [-0.3, -0.25) is 0 Å². The van der Waals surface area contributed by atoms with E-state index in [4.69, 9.17) is 14.2 Å². The number of allylic oxidation sites excluding steroid dienone is 10. The first kappa shape index (κ1) is 34.7. The Balaban J connectivity index is 1.37. The lowest BCUT2D eigenvalue weighted by Gasteiger charge is -2.28. The number of methoxy groups -OCH3 is 1. The largest absolute Gasteiger partial charge is 0.433 e. The monoisotopic (exact) mass is 688 g/mol. The lowest BCUT2D eigenvalue weighted by atomic mass is 9.98. The Morgan fingerprint density at radius 2 is 1.55 bits per heavy atom. The zero-order valence-electron chi connectivity index (χ0n) is 24.4. The van der Waals surface area contributed by atoms with Crippen LogP contribution in [0.1, 0.15) is 23.8 Å². The number of alkyl halides is 6. The molecule has 1 heterocycles. The van der Waals surface area contributed by atoms with Crippen molar-refractivity contribution in [3.05, 3.63) is 124 Å². The summed E-state index contributed by atoms with van der Waals surface area (Å²) in [5, 5.41) is -0.464. The molecule has 2 unspecified atom stereocenters. The summed E-state index contributed by atoms with van der Waals surface area (Å²) in [5.41, 5.74) is -1.71. The van der Waals surface area contributed by atoms with Crippen LogP contribution in [0, 0.1) is 5.82 Å². The van der Waals surface area contributed by atoms with E-state index < -0.39 is 70.9 Å². The highest BCUT2D eigenvalue weighted by molar-refractivity contribution is 7.23. The van der Waals surface area contributed by atoms with Crippen molar-refractivity contribution in [1.82, 2.24) is 0 Å². The van der Waals surface area contributed by atoms with Crippen LogP contribution in [0.4, 0.5) is 39.5 Å². The van der Waals surface area contributed by atoms with Crippen molar-refractivity contribution in [2.24, 2.45) is 0 Å². The fourth-order valence-electron chi connectivity index (χ4n) is 5.05. The molecule has 2 aromatic rings. The molecule has 0 radical (unpaired) electrons. The molecule has 250 valence electrons. The molecule has 0 aromatic heterocycles. The van der Waals surface area contributed by atoms with Crippen LogP contribution < -0.4 is 0 Å². The van der Waals surface area contributed by atoms with E-state index in [0.29, 0.717) is 24.3 Å². The lowest BCUT2D eigenvalue weighted by Crippen LogP contribution is -2.32. The lowest BCUT2D eigenvalue weighted by molar-refractivity contribution is -0.225. The van der Waals surface area contributed by atoms with Crippen molar-refractivity contribution in [3.8, 4) is 11.1 Å². The molecule has 2 atom stereocenters. The predicted octanol–water partition coefficient (Wildman–Crippen LogP) is 9.51. The normalized spacial score (nSPS) is 22.8. The Morgan fingerprint density at radius 3 is 2.17 bits per heavy atom. The molecule has 4 nitrogen and oxygen atoms in total. The van der Waals surface area contributed by atoms with E-state index in [1.165, 1.54) is 12.1 Å². The summed E-state index contributed by atoms with van der Waals surface area (Å²) in [5.74, 6) is -6.02. The number of hydrogen-bond acceptors (Lipinski definition) is 4. The number of ether oxygens (including phenoxy) is 4. The minimum atomic E-state index is -5.45. The summed E-state index contributed by atoms with van der Waals surface area (Å²) in [6.07, 6.45) is -11.1. The highest BCUT2D eigenvalue weighted by Gasteiger charge is 2.45. The van der Waals surface area contributed by atoms with Gasteiger partial charge in [-0.05, 0) is 46.3 Å². The van der Waals surface area contributed by atoms with Gasteiger partial charge in [0.2, 0.25) is 0 Å². The predicted molar refractivity (Wildman–Crippen MR) is 158 cm³/mol. The van der Waals surface area contributed by atoms with Crippen molar-refractivity contribution in [3.63, 3.8) is 0 Å². The van der Waals surface area contributed by atoms with Crippen molar-refractivity contribution in [1.29, 1.82) is 0 Å². The first-order valence-corrected chi connectivity index (χ1v) is 14.6. The van der Waals surface area contributed by atoms with Gasteiger partial charge in [-0.1, -0.05) is 42.5 Å². The van der Waals surface area contributed by atoms with Gasteiger partial charge in [-0.2, -0.15) is 22.0 Å². The molecule has 5 rings (SSSR count). The van der Waals surface area contributed by atoms with E-state index in [9.17, 15) is 22.0 Å². The maximum Gasteiger partial charge on any atom is 0.426 e. The van der Waals surface area contributed by atoms with Gasteiger partial charge >= 0.3 is 12.3 Å². The highest BCUT2D eigenvalue weighted by atomic mass is 31.0. The van der Waals surface area contributed by atoms with Crippen LogP contribution in [0.25, 0.3) is 16.7 Å². The number of benzene rings is 2. The van der Waals surface area contributed by atoms with Crippen molar-refractivity contribution >= 4 is 14.8 Å². The molecule has 14 heteroatoms. The molecule has 0 bridgehead atoms. The molecule has 0 saturated carbocycles. The van der Waals surface area contributed by atoms with E-state index in [-0.39, 0.29) is 29.4 Å². The number of rotatable bonds is 7. The number of hydrogen-bond donors (Lipinski definition) is 0. The molecule has 47 heavy (non-hydrogen) atoms. The third-order valence-corrected chi connectivity index (χ3v) is 7.92. The Kier molecular flexibility index (Phi) is 10.2. The van der Waals surface area contributed by atoms with Crippen LogP contribution in [0.2, 0.25) is 0 Å². The maximum atomic E-state index is 15.4.